The number of hydrogen-bond acceptors (Lipinski definition) is 5. The molecule has 0 aliphatic carbocycles. The summed E-state index contributed by atoms with van der Waals surface area (Å²) in [4.78, 5) is 17.1. The Morgan fingerprint density at radius 3 is 2.50 bits per heavy atom. The van der Waals surface area contributed by atoms with Gasteiger partial charge in [0.15, 0.2) is 11.6 Å². The predicted octanol–water partition coefficient (Wildman–Crippen LogP) is 4.54. The summed E-state index contributed by atoms with van der Waals surface area (Å²) >= 11 is 1.35. The summed E-state index contributed by atoms with van der Waals surface area (Å²) in [5.41, 5.74) is 2.82. The van der Waals surface area contributed by atoms with Gasteiger partial charge in [-0.2, -0.15) is 0 Å². The first-order valence-electron chi connectivity index (χ1n) is 8.50. The molecule has 0 aliphatic heterocycles. The maximum absolute atomic E-state index is 12.6. The van der Waals surface area contributed by atoms with Gasteiger partial charge in [0.1, 0.15) is 5.75 Å². The molecule has 0 bridgehead atoms. The second-order valence-electron chi connectivity index (χ2n) is 5.91. The fourth-order valence-electron chi connectivity index (χ4n) is 2.47. The van der Waals surface area contributed by atoms with E-state index in [1.807, 2.05) is 57.2 Å². The van der Waals surface area contributed by atoms with Crippen molar-refractivity contribution in [2.24, 2.45) is 0 Å². The molecule has 2 aromatic carbocycles. The summed E-state index contributed by atoms with van der Waals surface area (Å²) < 4.78 is 5.41. The van der Waals surface area contributed by atoms with Crippen LogP contribution in [0.5, 0.6) is 5.75 Å². The molecular weight excluding hydrogens is 346 g/mol. The number of ketones is 1. The van der Waals surface area contributed by atoms with Gasteiger partial charge >= 0.3 is 0 Å². The van der Waals surface area contributed by atoms with Crippen molar-refractivity contribution in [1.29, 1.82) is 0 Å². The molecule has 0 spiro atoms. The van der Waals surface area contributed by atoms with Crippen LogP contribution in [-0.2, 0) is 0 Å². The van der Waals surface area contributed by atoms with Crippen LogP contribution in [0.15, 0.2) is 53.7 Å². The highest BCUT2D eigenvalue weighted by atomic mass is 32.2. The lowest BCUT2D eigenvalue weighted by Gasteiger charge is -2.09. The van der Waals surface area contributed by atoms with Crippen LogP contribution >= 0.6 is 11.8 Å². The summed E-state index contributed by atoms with van der Waals surface area (Å²) in [6, 6.07) is 15.3. The Kier molecular flexibility index (Phi) is 5.73. The standard InChI is InChI=1S/C20H21N3O2S/c1-4-25-17-11-9-15(10-12-17)18(24)14(3)26-20-21-19(22-23-20)16-7-5-13(2)6-8-16/h5-12,14H,4H2,1-3H3,(H,21,22,23)/t14-/m0/s1. The van der Waals surface area contributed by atoms with Crippen molar-refractivity contribution in [3.63, 3.8) is 0 Å². The number of hydrogen-bond donors (Lipinski definition) is 1. The summed E-state index contributed by atoms with van der Waals surface area (Å²) in [7, 11) is 0. The Hall–Kier alpha value is -2.60. The van der Waals surface area contributed by atoms with Gasteiger partial charge in [-0.1, -0.05) is 41.6 Å². The van der Waals surface area contributed by atoms with E-state index < -0.39 is 0 Å². The van der Waals surface area contributed by atoms with Crippen LogP contribution in [0, 0.1) is 6.92 Å². The summed E-state index contributed by atoms with van der Waals surface area (Å²) in [6.07, 6.45) is 0. The Bertz CT molecular complexity index is 873. The zero-order valence-corrected chi connectivity index (χ0v) is 15.8. The van der Waals surface area contributed by atoms with Crippen LogP contribution < -0.4 is 4.74 Å². The van der Waals surface area contributed by atoms with E-state index in [9.17, 15) is 4.79 Å². The van der Waals surface area contributed by atoms with E-state index in [2.05, 4.69) is 15.2 Å². The molecule has 0 radical (unpaired) electrons. The van der Waals surface area contributed by atoms with Gasteiger partial charge in [0, 0.05) is 11.1 Å². The van der Waals surface area contributed by atoms with Gasteiger partial charge in [0.25, 0.3) is 0 Å². The average molecular weight is 367 g/mol. The van der Waals surface area contributed by atoms with Gasteiger partial charge in [-0.3, -0.25) is 9.89 Å². The van der Waals surface area contributed by atoms with Crippen molar-refractivity contribution in [3.05, 3.63) is 59.7 Å². The number of carbonyl (C=O) groups is 1. The number of H-pyrrole nitrogens is 1. The topological polar surface area (TPSA) is 67.9 Å². The van der Waals surface area contributed by atoms with Crippen molar-refractivity contribution in [2.75, 3.05) is 6.61 Å². The van der Waals surface area contributed by atoms with E-state index in [4.69, 9.17) is 4.74 Å². The molecule has 1 aromatic heterocycles. The van der Waals surface area contributed by atoms with Crippen molar-refractivity contribution in [1.82, 2.24) is 15.2 Å². The number of aromatic amines is 1. The van der Waals surface area contributed by atoms with Gasteiger partial charge in [-0.25, -0.2) is 4.98 Å². The lowest BCUT2D eigenvalue weighted by molar-refractivity contribution is 0.0994. The number of benzene rings is 2. The van der Waals surface area contributed by atoms with E-state index in [0.29, 0.717) is 23.2 Å². The minimum atomic E-state index is -0.283. The Morgan fingerprint density at radius 1 is 1.15 bits per heavy atom. The molecule has 26 heavy (non-hydrogen) atoms. The largest absolute Gasteiger partial charge is 0.494 e. The first-order chi connectivity index (χ1) is 12.6. The van der Waals surface area contributed by atoms with Crippen molar-refractivity contribution < 1.29 is 9.53 Å². The molecule has 0 unspecified atom stereocenters. The molecule has 0 aliphatic rings. The van der Waals surface area contributed by atoms with Gasteiger partial charge in [0.05, 0.1) is 11.9 Å². The number of Topliss-reactive ketones (excluding diaryl/α,β-unsaturated/α-hetero) is 1. The number of ether oxygens (including phenoxy) is 1. The smallest absolute Gasteiger partial charge is 0.209 e. The first-order valence-corrected chi connectivity index (χ1v) is 9.38. The number of carbonyl (C=O) groups excluding carboxylic acids is 1. The van der Waals surface area contributed by atoms with Gasteiger partial charge in [0.2, 0.25) is 5.16 Å². The van der Waals surface area contributed by atoms with Gasteiger partial charge < -0.3 is 4.74 Å². The third-order valence-electron chi connectivity index (χ3n) is 3.89. The fraction of sp³-hybridized carbons (Fsp3) is 0.250. The lowest BCUT2D eigenvalue weighted by atomic mass is 10.1. The molecule has 1 N–H and O–H groups in total. The molecule has 0 amide bonds. The van der Waals surface area contributed by atoms with Gasteiger partial charge in [-0.05, 0) is 45.0 Å². The highest BCUT2D eigenvalue weighted by molar-refractivity contribution is 8.00. The molecule has 5 nitrogen and oxygen atoms in total. The second kappa shape index (κ2) is 8.19. The third-order valence-corrected chi connectivity index (χ3v) is 4.85. The van der Waals surface area contributed by atoms with E-state index in [1.54, 1.807) is 12.1 Å². The number of aromatic nitrogens is 3. The molecule has 0 saturated heterocycles. The first kappa shape index (κ1) is 18.2. The Balaban J connectivity index is 1.66. The maximum atomic E-state index is 12.6. The van der Waals surface area contributed by atoms with Crippen LogP contribution in [0.1, 0.15) is 29.8 Å². The van der Waals surface area contributed by atoms with Crippen LogP contribution in [-0.4, -0.2) is 32.8 Å². The Morgan fingerprint density at radius 2 is 1.85 bits per heavy atom. The van der Waals surface area contributed by atoms with E-state index in [-0.39, 0.29) is 11.0 Å². The highest BCUT2D eigenvalue weighted by Gasteiger charge is 2.19. The zero-order chi connectivity index (χ0) is 18.5. The predicted molar refractivity (Wildman–Crippen MR) is 104 cm³/mol. The molecule has 3 aromatic rings. The molecule has 1 heterocycles. The normalized spacial score (nSPS) is 12.0. The number of rotatable bonds is 7. The quantitative estimate of drug-likeness (QED) is 0.490. The SMILES string of the molecule is CCOc1ccc(C(=O)[C@H](C)Sc2n[nH]c(-c3ccc(C)cc3)n2)cc1. The lowest BCUT2D eigenvalue weighted by Crippen LogP contribution is -2.13. The average Bonchev–Trinajstić information content (AvgIpc) is 3.11. The number of aryl methyl sites for hydroxylation is 1. The molecule has 0 saturated carbocycles. The number of nitrogens with one attached hydrogen (secondary N) is 1. The minimum absolute atomic E-state index is 0.0414. The van der Waals surface area contributed by atoms with Crippen molar-refractivity contribution >= 4 is 17.5 Å². The van der Waals surface area contributed by atoms with Crippen molar-refractivity contribution in [3.8, 4) is 17.1 Å². The second-order valence-corrected chi connectivity index (χ2v) is 7.22. The fourth-order valence-corrected chi connectivity index (χ4v) is 3.27. The number of thioether (sulfide) groups is 1. The summed E-state index contributed by atoms with van der Waals surface area (Å²) in [5, 5.41) is 7.44. The molecule has 0 fully saturated rings. The van der Waals surface area contributed by atoms with Gasteiger partial charge in [-0.15, -0.1) is 5.10 Å². The van der Waals surface area contributed by atoms with E-state index in [0.717, 1.165) is 11.3 Å². The van der Waals surface area contributed by atoms with E-state index >= 15 is 0 Å². The summed E-state index contributed by atoms with van der Waals surface area (Å²) in [5.74, 6) is 1.51. The zero-order valence-electron chi connectivity index (χ0n) is 15.0. The minimum Gasteiger partial charge on any atom is -0.494 e. The molecular formula is C20H21N3O2S. The van der Waals surface area contributed by atoms with Crippen LogP contribution in [0.25, 0.3) is 11.4 Å². The number of nitrogens with zero attached hydrogens (tertiary/aromatic N) is 2. The highest BCUT2D eigenvalue weighted by Crippen LogP contribution is 2.25. The van der Waals surface area contributed by atoms with Crippen LogP contribution in [0.2, 0.25) is 0 Å². The monoisotopic (exact) mass is 367 g/mol. The molecule has 3 rings (SSSR count). The molecule has 1 atom stereocenters. The van der Waals surface area contributed by atoms with E-state index in [1.165, 1.54) is 17.3 Å². The van der Waals surface area contributed by atoms with Crippen LogP contribution in [0.4, 0.5) is 0 Å². The summed E-state index contributed by atoms with van der Waals surface area (Å²) in [6.45, 7) is 6.44. The van der Waals surface area contributed by atoms with Crippen molar-refractivity contribution in [2.45, 2.75) is 31.2 Å². The molecule has 134 valence electrons. The Labute approximate surface area is 157 Å². The third kappa shape index (κ3) is 4.32. The molecule has 6 heteroatoms. The maximum Gasteiger partial charge on any atom is 0.209 e. The van der Waals surface area contributed by atoms with Crippen LogP contribution in [0.3, 0.4) is 0 Å².